The van der Waals surface area contributed by atoms with Crippen molar-refractivity contribution < 1.29 is 0 Å². The highest BCUT2D eigenvalue weighted by atomic mass is 33.1. The normalized spacial score (nSPS) is 10.6. The zero-order chi connectivity index (χ0) is 10.8. The van der Waals surface area contributed by atoms with Gasteiger partial charge in [0.15, 0.2) is 0 Å². The van der Waals surface area contributed by atoms with Gasteiger partial charge in [-0.15, -0.1) is 11.7 Å². The molecule has 0 spiro atoms. The SMILES string of the molecule is CN(C)c1ccc2cc(SS)ccc2c1. The van der Waals surface area contributed by atoms with Gasteiger partial charge in [0.1, 0.15) is 0 Å². The van der Waals surface area contributed by atoms with Crippen molar-refractivity contribution in [2.45, 2.75) is 4.90 Å². The van der Waals surface area contributed by atoms with Crippen molar-refractivity contribution in [3.05, 3.63) is 36.4 Å². The summed E-state index contributed by atoms with van der Waals surface area (Å²) in [6, 6.07) is 12.9. The van der Waals surface area contributed by atoms with Crippen LogP contribution in [0.4, 0.5) is 5.69 Å². The molecular formula is C12H13NS2. The topological polar surface area (TPSA) is 3.24 Å². The molecule has 78 valence electrons. The molecule has 15 heavy (non-hydrogen) atoms. The minimum atomic E-state index is 1.18. The van der Waals surface area contributed by atoms with E-state index in [1.54, 1.807) is 0 Å². The third-order valence-corrected chi connectivity index (χ3v) is 3.51. The van der Waals surface area contributed by atoms with Crippen molar-refractivity contribution in [2.75, 3.05) is 19.0 Å². The van der Waals surface area contributed by atoms with Crippen molar-refractivity contribution in [1.82, 2.24) is 0 Å². The lowest BCUT2D eigenvalue weighted by atomic mass is 10.1. The van der Waals surface area contributed by atoms with Crippen LogP contribution in [0.3, 0.4) is 0 Å². The van der Waals surface area contributed by atoms with Gasteiger partial charge >= 0.3 is 0 Å². The second-order valence-corrected chi connectivity index (χ2v) is 4.88. The number of benzene rings is 2. The highest BCUT2D eigenvalue weighted by molar-refractivity contribution is 8.68. The molecule has 0 aliphatic heterocycles. The number of hydrogen-bond donors (Lipinski definition) is 1. The maximum atomic E-state index is 4.20. The molecule has 0 aliphatic rings. The third kappa shape index (κ3) is 2.24. The fourth-order valence-corrected chi connectivity index (χ4v) is 2.20. The Morgan fingerprint density at radius 1 is 1.00 bits per heavy atom. The predicted molar refractivity (Wildman–Crippen MR) is 73.1 cm³/mol. The van der Waals surface area contributed by atoms with Crippen LogP contribution in [0.15, 0.2) is 41.3 Å². The average Bonchev–Trinajstić information content (AvgIpc) is 2.27. The lowest BCUT2D eigenvalue weighted by Crippen LogP contribution is -2.07. The Balaban J connectivity index is 2.55. The van der Waals surface area contributed by atoms with E-state index in [0.717, 1.165) is 0 Å². The summed E-state index contributed by atoms with van der Waals surface area (Å²) in [6.07, 6.45) is 0. The molecule has 0 atom stereocenters. The number of rotatable bonds is 2. The lowest BCUT2D eigenvalue weighted by Gasteiger charge is -2.13. The summed E-state index contributed by atoms with van der Waals surface area (Å²) in [7, 11) is 5.59. The first kappa shape index (κ1) is 10.7. The van der Waals surface area contributed by atoms with Gasteiger partial charge < -0.3 is 4.90 Å². The smallest absolute Gasteiger partial charge is 0.0367 e. The Labute approximate surface area is 99.3 Å². The average molecular weight is 235 g/mol. The maximum Gasteiger partial charge on any atom is 0.0367 e. The molecule has 3 heteroatoms. The molecule has 0 aliphatic carbocycles. The summed E-state index contributed by atoms with van der Waals surface area (Å²) in [6.45, 7) is 0. The molecule has 0 N–H and O–H groups in total. The summed E-state index contributed by atoms with van der Waals surface area (Å²) >= 11 is 4.20. The Morgan fingerprint density at radius 3 is 2.33 bits per heavy atom. The number of hydrogen-bond acceptors (Lipinski definition) is 3. The van der Waals surface area contributed by atoms with Gasteiger partial charge in [-0.2, -0.15) is 0 Å². The summed E-state index contributed by atoms with van der Waals surface area (Å²) in [5, 5.41) is 2.53. The maximum absolute atomic E-state index is 4.20. The molecule has 0 aromatic heterocycles. The van der Waals surface area contributed by atoms with E-state index in [2.05, 4.69) is 67.1 Å². The lowest BCUT2D eigenvalue weighted by molar-refractivity contribution is 1.13. The largest absolute Gasteiger partial charge is 0.378 e. The Bertz CT molecular complexity index is 480. The molecule has 0 amide bonds. The Kier molecular flexibility index (Phi) is 3.12. The Morgan fingerprint density at radius 2 is 1.67 bits per heavy atom. The van der Waals surface area contributed by atoms with Crippen LogP contribution in [0.25, 0.3) is 10.8 Å². The molecular weight excluding hydrogens is 222 g/mol. The van der Waals surface area contributed by atoms with Crippen LogP contribution in [0.5, 0.6) is 0 Å². The standard InChI is InChI=1S/C12H13NS2/c1-13(2)11-5-3-10-8-12(15-14)6-4-9(10)7-11/h3-8,14H,1-2H3. The van der Waals surface area contributed by atoms with Gasteiger partial charge in [-0.05, 0) is 35.0 Å². The number of anilines is 1. The number of fused-ring (bicyclic) bond motifs is 1. The second kappa shape index (κ2) is 4.37. The van der Waals surface area contributed by atoms with Crippen LogP contribution >= 0.6 is 22.5 Å². The van der Waals surface area contributed by atoms with Crippen LogP contribution in [-0.4, -0.2) is 14.1 Å². The molecule has 1 nitrogen and oxygen atoms in total. The zero-order valence-corrected chi connectivity index (χ0v) is 10.5. The van der Waals surface area contributed by atoms with Gasteiger partial charge in [0.05, 0.1) is 0 Å². The quantitative estimate of drug-likeness (QED) is 0.622. The van der Waals surface area contributed by atoms with Gasteiger partial charge in [0, 0.05) is 24.7 Å². The summed E-state index contributed by atoms with van der Waals surface area (Å²) in [5.74, 6) is 0. The van der Waals surface area contributed by atoms with Gasteiger partial charge in [-0.3, -0.25) is 0 Å². The van der Waals surface area contributed by atoms with Crippen molar-refractivity contribution >= 4 is 38.9 Å². The van der Waals surface area contributed by atoms with Crippen molar-refractivity contribution in [1.29, 1.82) is 0 Å². The van der Waals surface area contributed by atoms with Crippen molar-refractivity contribution in [3.8, 4) is 0 Å². The molecule has 0 radical (unpaired) electrons. The first-order valence-electron chi connectivity index (χ1n) is 4.73. The fraction of sp³-hybridized carbons (Fsp3) is 0.167. The van der Waals surface area contributed by atoms with Crippen LogP contribution < -0.4 is 4.90 Å². The van der Waals surface area contributed by atoms with Gasteiger partial charge in [0.2, 0.25) is 0 Å². The van der Waals surface area contributed by atoms with E-state index in [-0.39, 0.29) is 0 Å². The minimum absolute atomic E-state index is 1.18. The minimum Gasteiger partial charge on any atom is -0.378 e. The van der Waals surface area contributed by atoms with Crippen LogP contribution in [0.1, 0.15) is 0 Å². The summed E-state index contributed by atoms with van der Waals surface area (Å²) in [5.41, 5.74) is 1.23. The highest BCUT2D eigenvalue weighted by Gasteiger charge is 1.99. The van der Waals surface area contributed by atoms with Crippen LogP contribution in [0, 0.1) is 0 Å². The molecule has 2 rings (SSSR count). The molecule has 0 saturated carbocycles. The van der Waals surface area contributed by atoms with E-state index in [1.807, 2.05) is 0 Å². The second-order valence-electron chi connectivity index (χ2n) is 3.68. The summed E-state index contributed by atoms with van der Waals surface area (Å²) < 4.78 is 0. The zero-order valence-electron chi connectivity index (χ0n) is 8.77. The van der Waals surface area contributed by atoms with Crippen molar-refractivity contribution in [3.63, 3.8) is 0 Å². The van der Waals surface area contributed by atoms with Crippen LogP contribution in [0.2, 0.25) is 0 Å². The van der Waals surface area contributed by atoms with Crippen molar-refractivity contribution in [2.24, 2.45) is 0 Å². The fourth-order valence-electron chi connectivity index (χ4n) is 1.55. The molecule has 2 aromatic carbocycles. The summed E-state index contributed by atoms with van der Waals surface area (Å²) in [4.78, 5) is 3.30. The van der Waals surface area contributed by atoms with Gasteiger partial charge in [0.25, 0.3) is 0 Å². The molecule has 0 unspecified atom stereocenters. The monoisotopic (exact) mass is 235 g/mol. The molecule has 0 fully saturated rings. The predicted octanol–water partition coefficient (Wildman–Crippen LogP) is 3.84. The first-order chi connectivity index (χ1) is 7.20. The first-order valence-corrected chi connectivity index (χ1v) is 6.60. The van der Waals surface area contributed by atoms with E-state index in [9.17, 15) is 0 Å². The van der Waals surface area contributed by atoms with Gasteiger partial charge in [-0.25, -0.2) is 0 Å². The van der Waals surface area contributed by atoms with E-state index < -0.39 is 0 Å². The highest BCUT2D eigenvalue weighted by Crippen LogP contribution is 2.27. The molecule has 0 heterocycles. The molecule has 0 saturated heterocycles. The van der Waals surface area contributed by atoms with Crippen LogP contribution in [-0.2, 0) is 0 Å². The number of thiol groups is 1. The molecule has 0 bridgehead atoms. The van der Waals surface area contributed by atoms with E-state index in [0.29, 0.717) is 0 Å². The van der Waals surface area contributed by atoms with E-state index in [4.69, 9.17) is 0 Å². The molecule has 2 aromatic rings. The van der Waals surface area contributed by atoms with E-state index in [1.165, 1.54) is 32.1 Å². The van der Waals surface area contributed by atoms with Gasteiger partial charge in [-0.1, -0.05) is 22.9 Å². The van der Waals surface area contributed by atoms with E-state index >= 15 is 0 Å². The Hall–Kier alpha value is -0.800. The third-order valence-electron chi connectivity index (χ3n) is 2.42. The number of nitrogens with zero attached hydrogens (tertiary/aromatic N) is 1.